The van der Waals surface area contributed by atoms with Gasteiger partial charge in [-0.05, 0) is 39.2 Å². The fourth-order valence-corrected chi connectivity index (χ4v) is 5.67. The number of carbonyl (C=O) groups is 2. The smallest absolute Gasteiger partial charge is 0.311 e. The second kappa shape index (κ2) is 8.99. The standard InChI is InChI=1S/C20H22N4O3S3/c1-4-27-15(26)7-13-8-29-20(21-13)22-14(25)9-28-18-16-10(2)11(3)30-19(16)24-17(23-18)12-5-6-12/h8,12H,4-7,9H2,1-3H3,(H,21,22,25). The number of fused-ring (bicyclic) bond motifs is 1. The molecule has 0 atom stereocenters. The Morgan fingerprint density at radius 2 is 2.07 bits per heavy atom. The second-order valence-electron chi connectivity index (χ2n) is 7.09. The predicted octanol–water partition coefficient (Wildman–Crippen LogP) is 4.48. The van der Waals surface area contributed by atoms with Crippen molar-refractivity contribution in [3.8, 4) is 0 Å². The van der Waals surface area contributed by atoms with Gasteiger partial charge in [-0.15, -0.1) is 22.7 Å². The number of thioether (sulfide) groups is 1. The Hall–Kier alpha value is -2.04. The Kier molecular flexibility index (Phi) is 6.35. The third kappa shape index (κ3) is 4.81. The van der Waals surface area contributed by atoms with E-state index in [-0.39, 0.29) is 24.1 Å². The Balaban J connectivity index is 1.42. The molecule has 3 aromatic rings. The maximum absolute atomic E-state index is 12.5. The molecule has 1 amide bonds. The van der Waals surface area contributed by atoms with Crippen molar-refractivity contribution in [1.82, 2.24) is 15.0 Å². The minimum atomic E-state index is -0.322. The van der Waals surface area contributed by atoms with Crippen LogP contribution in [0.3, 0.4) is 0 Å². The Morgan fingerprint density at radius 1 is 1.27 bits per heavy atom. The van der Waals surface area contributed by atoms with Crippen LogP contribution in [0.1, 0.15) is 47.6 Å². The highest BCUT2D eigenvalue weighted by atomic mass is 32.2. The molecular weight excluding hydrogens is 440 g/mol. The summed E-state index contributed by atoms with van der Waals surface area (Å²) in [4.78, 5) is 40.1. The van der Waals surface area contributed by atoms with Crippen molar-refractivity contribution >= 4 is 61.7 Å². The molecule has 1 saturated carbocycles. The van der Waals surface area contributed by atoms with E-state index in [1.54, 1.807) is 23.6 Å². The summed E-state index contributed by atoms with van der Waals surface area (Å²) in [5, 5.41) is 6.98. The summed E-state index contributed by atoms with van der Waals surface area (Å²) in [6, 6.07) is 0. The molecule has 0 saturated heterocycles. The van der Waals surface area contributed by atoms with Gasteiger partial charge in [0.1, 0.15) is 15.7 Å². The van der Waals surface area contributed by atoms with E-state index in [0.29, 0.717) is 23.4 Å². The Bertz CT molecular complexity index is 1100. The van der Waals surface area contributed by atoms with Crippen LogP contribution in [0.5, 0.6) is 0 Å². The first-order chi connectivity index (χ1) is 14.4. The van der Waals surface area contributed by atoms with Crippen molar-refractivity contribution in [2.45, 2.75) is 51.0 Å². The van der Waals surface area contributed by atoms with Gasteiger partial charge in [-0.25, -0.2) is 15.0 Å². The first-order valence-corrected chi connectivity index (χ1v) is 12.4. The van der Waals surface area contributed by atoms with Gasteiger partial charge in [-0.2, -0.15) is 0 Å². The first kappa shape index (κ1) is 21.2. The molecule has 10 heteroatoms. The number of anilines is 1. The van der Waals surface area contributed by atoms with Crippen molar-refractivity contribution in [2.24, 2.45) is 0 Å². The number of aromatic nitrogens is 3. The highest BCUT2D eigenvalue weighted by Crippen LogP contribution is 2.42. The third-order valence-corrected chi connectivity index (χ3v) is 7.61. The van der Waals surface area contributed by atoms with E-state index in [1.165, 1.54) is 33.5 Å². The lowest BCUT2D eigenvalue weighted by atomic mass is 10.2. The molecule has 4 rings (SSSR count). The maximum Gasteiger partial charge on any atom is 0.311 e. The van der Waals surface area contributed by atoms with Gasteiger partial charge in [0.25, 0.3) is 0 Å². The van der Waals surface area contributed by atoms with Gasteiger partial charge in [-0.1, -0.05) is 11.8 Å². The highest BCUT2D eigenvalue weighted by Gasteiger charge is 2.28. The molecular formula is C20H22N4O3S3. The molecule has 158 valence electrons. The lowest BCUT2D eigenvalue weighted by Crippen LogP contribution is -2.14. The Labute approximate surface area is 186 Å². The number of ether oxygens (including phenoxy) is 1. The number of rotatable bonds is 8. The molecule has 0 aliphatic heterocycles. The van der Waals surface area contributed by atoms with Gasteiger partial charge in [0, 0.05) is 21.6 Å². The van der Waals surface area contributed by atoms with Gasteiger partial charge in [0.2, 0.25) is 5.91 Å². The number of amides is 1. The van der Waals surface area contributed by atoms with Crippen LogP contribution in [0.2, 0.25) is 0 Å². The number of aryl methyl sites for hydroxylation is 2. The molecule has 3 aromatic heterocycles. The number of nitrogens with zero attached hydrogens (tertiary/aromatic N) is 3. The van der Waals surface area contributed by atoms with Gasteiger partial charge < -0.3 is 10.1 Å². The van der Waals surface area contributed by atoms with E-state index >= 15 is 0 Å². The summed E-state index contributed by atoms with van der Waals surface area (Å²) in [6.45, 7) is 6.28. The van der Waals surface area contributed by atoms with E-state index in [0.717, 1.165) is 33.9 Å². The molecule has 1 N–H and O–H groups in total. The fraction of sp³-hybridized carbons (Fsp3) is 0.450. The van der Waals surface area contributed by atoms with Crippen LogP contribution < -0.4 is 5.32 Å². The van der Waals surface area contributed by atoms with Crippen LogP contribution in [0.15, 0.2) is 10.4 Å². The van der Waals surface area contributed by atoms with Crippen LogP contribution in [-0.4, -0.2) is 39.2 Å². The van der Waals surface area contributed by atoms with Crippen LogP contribution in [0, 0.1) is 13.8 Å². The molecule has 1 aliphatic carbocycles. The Morgan fingerprint density at radius 3 is 2.80 bits per heavy atom. The molecule has 3 heterocycles. The van der Waals surface area contributed by atoms with E-state index in [1.807, 2.05) is 0 Å². The van der Waals surface area contributed by atoms with Gasteiger partial charge in [0.15, 0.2) is 5.13 Å². The van der Waals surface area contributed by atoms with Crippen LogP contribution in [0.4, 0.5) is 5.13 Å². The van der Waals surface area contributed by atoms with Crippen LogP contribution in [0.25, 0.3) is 10.2 Å². The largest absolute Gasteiger partial charge is 0.466 e. The number of carbonyl (C=O) groups excluding carboxylic acids is 2. The van der Waals surface area contributed by atoms with E-state index in [4.69, 9.17) is 14.7 Å². The minimum Gasteiger partial charge on any atom is -0.466 e. The van der Waals surface area contributed by atoms with Crippen LogP contribution in [-0.2, 0) is 20.7 Å². The average Bonchev–Trinajstić information content (AvgIpc) is 3.40. The minimum absolute atomic E-state index is 0.106. The summed E-state index contributed by atoms with van der Waals surface area (Å²) in [5.74, 6) is 1.11. The molecule has 0 radical (unpaired) electrons. The van der Waals surface area contributed by atoms with Crippen molar-refractivity contribution in [1.29, 1.82) is 0 Å². The van der Waals surface area contributed by atoms with Crippen molar-refractivity contribution < 1.29 is 14.3 Å². The normalized spacial score (nSPS) is 13.6. The van der Waals surface area contributed by atoms with Crippen molar-refractivity contribution in [3.63, 3.8) is 0 Å². The molecule has 0 unspecified atom stereocenters. The average molecular weight is 463 g/mol. The van der Waals surface area contributed by atoms with E-state index in [2.05, 4.69) is 24.1 Å². The van der Waals surface area contributed by atoms with Crippen molar-refractivity contribution in [3.05, 3.63) is 27.3 Å². The van der Waals surface area contributed by atoms with Gasteiger partial charge in [0.05, 0.1) is 24.5 Å². The zero-order chi connectivity index (χ0) is 21.3. The molecule has 7 nitrogen and oxygen atoms in total. The topological polar surface area (TPSA) is 94.1 Å². The first-order valence-electron chi connectivity index (χ1n) is 9.75. The molecule has 1 fully saturated rings. The van der Waals surface area contributed by atoms with E-state index < -0.39 is 0 Å². The summed E-state index contributed by atoms with van der Waals surface area (Å²) in [7, 11) is 0. The van der Waals surface area contributed by atoms with Gasteiger partial charge in [-0.3, -0.25) is 9.59 Å². The predicted molar refractivity (Wildman–Crippen MR) is 121 cm³/mol. The maximum atomic E-state index is 12.5. The summed E-state index contributed by atoms with van der Waals surface area (Å²) >= 11 is 4.42. The molecule has 0 bridgehead atoms. The quantitative estimate of drug-likeness (QED) is 0.300. The second-order valence-corrected chi connectivity index (χ2v) is 10.1. The third-order valence-electron chi connectivity index (χ3n) is 4.72. The number of nitrogens with one attached hydrogen (secondary N) is 1. The summed E-state index contributed by atoms with van der Waals surface area (Å²) in [5.41, 5.74) is 1.78. The zero-order valence-electron chi connectivity index (χ0n) is 17.0. The number of thiophene rings is 1. The molecule has 1 aliphatic rings. The SMILES string of the molecule is CCOC(=O)Cc1csc(NC(=O)CSc2nc(C3CC3)nc3sc(C)c(C)c23)n1. The van der Waals surface area contributed by atoms with Crippen molar-refractivity contribution in [2.75, 3.05) is 17.7 Å². The number of thiazole rings is 1. The van der Waals surface area contributed by atoms with Crippen LogP contribution >= 0.6 is 34.4 Å². The molecule has 0 spiro atoms. The van der Waals surface area contributed by atoms with Gasteiger partial charge >= 0.3 is 5.97 Å². The fourth-order valence-electron chi connectivity index (χ4n) is 2.95. The summed E-state index contributed by atoms with van der Waals surface area (Å²) in [6.07, 6.45) is 2.38. The monoisotopic (exact) mass is 462 g/mol. The highest BCUT2D eigenvalue weighted by molar-refractivity contribution is 8.00. The number of esters is 1. The molecule has 30 heavy (non-hydrogen) atoms. The number of hydrogen-bond donors (Lipinski definition) is 1. The number of hydrogen-bond acceptors (Lipinski definition) is 9. The lowest BCUT2D eigenvalue weighted by Gasteiger charge is -2.06. The zero-order valence-corrected chi connectivity index (χ0v) is 19.4. The van der Waals surface area contributed by atoms with E-state index in [9.17, 15) is 9.59 Å². The molecule has 0 aromatic carbocycles. The lowest BCUT2D eigenvalue weighted by molar-refractivity contribution is -0.142. The summed E-state index contributed by atoms with van der Waals surface area (Å²) < 4.78 is 4.92.